The molecule has 0 aromatic carbocycles. The number of aliphatic hydroxyl groups is 2. The van der Waals surface area contributed by atoms with Crippen molar-refractivity contribution in [1.29, 1.82) is 0 Å². The topological polar surface area (TPSA) is 87.5 Å². The summed E-state index contributed by atoms with van der Waals surface area (Å²) in [6, 6.07) is 0. The number of rotatable bonds is 2. The summed E-state index contributed by atoms with van der Waals surface area (Å²) >= 11 is 4.51. The molecule has 0 saturated carbocycles. The molecule has 0 bridgehead atoms. The third kappa shape index (κ3) is 2.09. The number of nitrogens with one attached hydrogen (secondary N) is 1. The fraction of sp³-hybridized carbons (Fsp3) is 0.556. The Bertz CT molecular complexity index is 560. The summed E-state index contributed by atoms with van der Waals surface area (Å²) in [6.07, 6.45) is -5.49. The molecular formula is C9H10F2N2O4S. The summed E-state index contributed by atoms with van der Waals surface area (Å²) in [4.78, 5) is 13.5. The zero-order chi connectivity index (χ0) is 13.4. The molecular weight excluding hydrogens is 270 g/mol. The molecule has 1 saturated heterocycles. The fourth-order valence-electron chi connectivity index (χ4n) is 1.74. The van der Waals surface area contributed by atoms with Crippen molar-refractivity contribution in [2.45, 2.75) is 24.6 Å². The average Bonchev–Trinajstić information content (AvgIpc) is 2.61. The van der Waals surface area contributed by atoms with E-state index in [-0.39, 0.29) is 4.64 Å². The maximum absolute atomic E-state index is 13.5. The van der Waals surface area contributed by atoms with Crippen LogP contribution < -0.4 is 5.69 Å². The second-order valence-electron chi connectivity index (χ2n) is 3.83. The third-order valence-electron chi connectivity index (χ3n) is 2.67. The quantitative estimate of drug-likeness (QED) is 0.644. The molecule has 2 heterocycles. The van der Waals surface area contributed by atoms with Crippen LogP contribution in [0.3, 0.4) is 0 Å². The van der Waals surface area contributed by atoms with E-state index in [1.54, 1.807) is 0 Å². The highest BCUT2D eigenvalue weighted by atomic mass is 32.1. The zero-order valence-corrected chi connectivity index (χ0v) is 9.73. The van der Waals surface area contributed by atoms with Gasteiger partial charge in [-0.05, 0) is 0 Å². The molecule has 9 heteroatoms. The van der Waals surface area contributed by atoms with E-state index in [0.29, 0.717) is 4.57 Å². The van der Waals surface area contributed by atoms with Crippen LogP contribution in [0.5, 0.6) is 0 Å². The van der Waals surface area contributed by atoms with Crippen molar-refractivity contribution in [3.8, 4) is 0 Å². The van der Waals surface area contributed by atoms with Gasteiger partial charge in [-0.1, -0.05) is 12.2 Å². The average molecular weight is 280 g/mol. The maximum atomic E-state index is 13.5. The van der Waals surface area contributed by atoms with Crippen molar-refractivity contribution in [3.63, 3.8) is 0 Å². The molecule has 1 aromatic rings. The highest BCUT2D eigenvalue weighted by molar-refractivity contribution is 7.71. The Kier molecular flexibility index (Phi) is 3.57. The number of halogens is 2. The molecule has 0 unspecified atom stereocenters. The summed E-state index contributed by atoms with van der Waals surface area (Å²) in [5.41, 5.74) is -0.837. The molecule has 1 aliphatic heterocycles. The van der Waals surface area contributed by atoms with Crippen LogP contribution in [0, 0.1) is 10.5 Å². The van der Waals surface area contributed by atoms with Crippen molar-refractivity contribution in [3.05, 3.63) is 27.1 Å². The first kappa shape index (κ1) is 13.3. The van der Waals surface area contributed by atoms with Crippen molar-refractivity contribution in [2.75, 3.05) is 6.61 Å². The zero-order valence-electron chi connectivity index (χ0n) is 8.92. The van der Waals surface area contributed by atoms with E-state index in [2.05, 4.69) is 12.2 Å². The van der Waals surface area contributed by atoms with Crippen LogP contribution >= 0.6 is 12.2 Å². The van der Waals surface area contributed by atoms with E-state index < -0.39 is 42.7 Å². The van der Waals surface area contributed by atoms with E-state index in [1.807, 2.05) is 4.98 Å². The van der Waals surface area contributed by atoms with Crippen LogP contribution in [0.1, 0.15) is 6.23 Å². The van der Waals surface area contributed by atoms with Gasteiger partial charge in [0.15, 0.2) is 18.2 Å². The second-order valence-corrected chi connectivity index (χ2v) is 4.23. The number of H-pyrrole nitrogens is 1. The summed E-state index contributed by atoms with van der Waals surface area (Å²) < 4.78 is 31.9. The number of alkyl halides is 1. The van der Waals surface area contributed by atoms with Gasteiger partial charge in [-0.2, -0.15) is 0 Å². The van der Waals surface area contributed by atoms with Gasteiger partial charge >= 0.3 is 5.69 Å². The molecule has 1 aromatic heterocycles. The van der Waals surface area contributed by atoms with E-state index >= 15 is 0 Å². The van der Waals surface area contributed by atoms with Gasteiger partial charge in [0.25, 0.3) is 0 Å². The smallest absolute Gasteiger partial charge is 0.328 e. The Morgan fingerprint density at radius 2 is 2.28 bits per heavy atom. The molecule has 0 aliphatic carbocycles. The summed E-state index contributed by atoms with van der Waals surface area (Å²) in [5.74, 6) is -0.900. The molecule has 6 nitrogen and oxygen atoms in total. The van der Waals surface area contributed by atoms with E-state index in [1.165, 1.54) is 0 Å². The highest BCUT2D eigenvalue weighted by Gasteiger charge is 2.45. The predicted molar refractivity (Wildman–Crippen MR) is 57.7 cm³/mol. The monoisotopic (exact) mass is 280 g/mol. The maximum Gasteiger partial charge on any atom is 0.328 e. The first-order chi connectivity index (χ1) is 8.45. The Balaban J connectivity index is 2.42. The molecule has 18 heavy (non-hydrogen) atoms. The van der Waals surface area contributed by atoms with Crippen molar-refractivity contribution >= 4 is 12.2 Å². The van der Waals surface area contributed by atoms with Crippen LogP contribution in [-0.2, 0) is 4.74 Å². The van der Waals surface area contributed by atoms with E-state index in [4.69, 9.17) is 9.84 Å². The first-order valence-electron chi connectivity index (χ1n) is 5.05. The number of aliphatic hydroxyl groups excluding tert-OH is 2. The molecule has 100 valence electrons. The summed E-state index contributed by atoms with van der Waals surface area (Å²) in [5, 5.41) is 18.4. The molecule has 1 fully saturated rings. The SMILES string of the molecule is O=c1[nH]c(=S)c(F)cn1[C@@H]1O[C@H](CO)[C@H](F)[C@@H]1O. The van der Waals surface area contributed by atoms with Gasteiger partial charge < -0.3 is 14.9 Å². The lowest BCUT2D eigenvalue weighted by Crippen LogP contribution is -2.34. The molecule has 0 spiro atoms. The molecule has 4 atom stereocenters. The summed E-state index contributed by atoms with van der Waals surface area (Å²) in [7, 11) is 0. The largest absolute Gasteiger partial charge is 0.394 e. The lowest BCUT2D eigenvalue weighted by molar-refractivity contribution is -0.0541. The molecule has 1 aliphatic rings. The van der Waals surface area contributed by atoms with Gasteiger partial charge in [0, 0.05) is 0 Å². The number of aromatic nitrogens is 2. The Labute approximate surface area is 104 Å². The van der Waals surface area contributed by atoms with E-state index in [9.17, 15) is 18.7 Å². The van der Waals surface area contributed by atoms with Gasteiger partial charge in [-0.15, -0.1) is 0 Å². The van der Waals surface area contributed by atoms with Crippen LogP contribution in [0.4, 0.5) is 8.78 Å². The van der Waals surface area contributed by atoms with Gasteiger partial charge in [-0.3, -0.25) is 9.55 Å². The number of hydrogen-bond donors (Lipinski definition) is 3. The van der Waals surface area contributed by atoms with Gasteiger partial charge in [0.05, 0.1) is 12.8 Å². The first-order valence-corrected chi connectivity index (χ1v) is 5.46. The third-order valence-corrected chi connectivity index (χ3v) is 2.96. The number of aromatic amines is 1. The number of hydrogen-bond acceptors (Lipinski definition) is 5. The van der Waals surface area contributed by atoms with Gasteiger partial charge in [0.2, 0.25) is 0 Å². The van der Waals surface area contributed by atoms with Crippen molar-refractivity contribution in [1.82, 2.24) is 9.55 Å². The van der Waals surface area contributed by atoms with Gasteiger partial charge in [0.1, 0.15) is 16.8 Å². The standard InChI is InChI=1S/C9H10F2N2O4S/c10-3-1-13(9(16)12-7(3)18)8-6(15)5(11)4(2-14)17-8/h1,4-6,8,14-15H,2H2,(H,12,16,18)/t4-,5+,6+,8-/m1/s1. The Morgan fingerprint density at radius 3 is 2.83 bits per heavy atom. The van der Waals surface area contributed by atoms with Crippen LogP contribution in [0.2, 0.25) is 0 Å². The fourth-order valence-corrected chi connectivity index (χ4v) is 1.88. The van der Waals surface area contributed by atoms with Crippen molar-refractivity contribution < 1.29 is 23.7 Å². The molecule has 3 N–H and O–H groups in total. The molecule has 0 amide bonds. The minimum atomic E-state index is -1.86. The van der Waals surface area contributed by atoms with Crippen molar-refractivity contribution in [2.24, 2.45) is 0 Å². The minimum Gasteiger partial charge on any atom is -0.394 e. The molecule has 2 rings (SSSR count). The van der Waals surface area contributed by atoms with Gasteiger partial charge in [-0.25, -0.2) is 13.6 Å². The van der Waals surface area contributed by atoms with Crippen LogP contribution in [0.25, 0.3) is 0 Å². The number of ether oxygens (including phenoxy) is 1. The molecule has 0 radical (unpaired) electrons. The lowest BCUT2D eigenvalue weighted by Gasteiger charge is -2.16. The highest BCUT2D eigenvalue weighted by Crippen LogP contribution is 2.30. The second kappa shape index (κ2) is 4.84. The predicted octanol–water partition coefficient (Wildman–Crippen LogP) is -0.366. The van der Waals surface area contributed by atoms with Crippen LogP contribution in [-0.4, -0.2) is 44.8 Å². The Morgan fingerprint density at radius 1 is 1.61 bits per heavy atom. The number of nitrogens with zero attached hydrogens (tertiary/aromatic N) is 1. The lowest BCUT2D eigenvalue weighted by atomic mass is 10.1. The summed E-state index contributed by atoms with van der Waals surface area (Å²) in [6.45, 7) is -0.658. The van der Waals surface area contributed by atoms with E-state index in [0.717, 1.165) is 6.20 Å². The minimum absolute atomic E-state index is 0.390. The normalized spacial score (nSPS) is 31.8. The Hall–Kier alpha value is -1.16. The van der Waals surface area contributed by atoms with Crippen LogP contribution in [0.15, 0.2) is 11.0 Å².